The molecule has 0 unspecified atom stereocenters. The molecule has 0 saturated carbocycles. The average molecular weight is 262 g/mol. The smallest absolute Gasteiger partial charge is 0.128 e. The second-order valence-electron chi connectivity index (χ2n) is 4.11. The molecule has 2 rings (SSSR count). The molecule has 0 fully saturated rings. The van der Waals surface area contributed by atoms with E-state index in [1.807, 2.05) is 6.07 Å². The number of aryl methyl sites for hydroxylation is 1. The number of methoxy groups -OCH3 is 1. The Morgan fingerprint density at radius 3 is 2.83 bits per heavy atom. The molecule has 3 nitrogen and oxygen atoms in total. The molecule has 0 radical (unpaired) electrons. The van der Waals surface area contributed by atoms with Crippen molar-refractivity contribution in [2.24, 2.45) is 5.73 Å². The Morgan fingerprint density at radius 2 is 2.17 bits per heavy atom. The van der Waals surface area contributed by atoms with Crippen molar-refractivity contribution < 1.29 is 4.74 Å². The monoisotopic (exact) mass is 262 g/mol. The number of nitrogens with two attached hydrogens (primary N) is 1. The number of nitrogens with zero attached hydrogens (tertiary/aromatic N) is 1. The summed E-state index contributed by atoms with van der Waals surface area (Å²) in [4.78, 5) is 1.22. The van der Waals surface area contributed by atoms with E-state index in [2.05, 4.69) is 29.5 Å². The van der Waals surface area contributed by atoms with Crippen molar-refractivity contribution in [1.29, 1.82) is 0 Å². The fourth-order valence-electron chi connectivity index (χ4n) is 1.88. The van der Waals surface area contributed by atoms with E-state index in [-0.39, 0.29) is 0 Å². The molecule has 0 spiro atoms. The second-order valence-corrected chi connectivity index (χ2v) is 4.99. The zero-order valence-corrected chi connectivity index (χ0v) is 11.6. The van der Waals surface area contributed by atoms with Crippen LogP contribution in [-0.4, -0.2) is 18.0 Å². The predicted molar refractivity (Wildman–Crippen MR) is 76.2 cm³/mol. The van der Waals surface area contributed by atoms with Crippen molar-refractivity contribution in [2.75, 3.05) is 13.7 Å². The third-order valence-corrected chi connectivity index (χ3v) is 3.74. The van der Waals surface area contributed by atoms with E-state index in [0.717, 1.165) is 29.8 Å². The van der Waals surface area contributed by atoms with Gasteiger partial charge in [0.05, 0.1) is 12.8 Å². The van der Waals surface area contributed by atoms with Gasteiger partial charge in [0.1, 0.15) is 5.75 Å². The Kier molecular flexibility index (Phi) is 4.33. The van der Waals surface area contributed by atoms with Gasteiger partial charge in [0.2, 0.25) is 0 Å². The normalized spacial score (nSPS) is 10.6. The van der Waals surface area contributed by atoms with Crippen LogP contribution in [0, 0.1) is 0 Å². The molecule has 1 aromatic carbocycles. The summed E-state index contributed by atoms with van der Waals surface area (Å²) < 4.78 is 9.90. The topological polar surface area (TPSA) is 48.1 Å². The van der Waals surface area contributed by atoms with Crippen LogP contribution in [0.5, 0.6) is 5.75 Å². The highest BCUT2D eigenvalue weighted by Gasteiger charge is 2.10. The van der Waals surface area contributed by atoms with E-state index in [1.54, 1.807) is 7.11 Å². The summed E-state index contributed by atoms with van der Waals surface area (Å²) >= 11 is 1.52. The maximum atomic E-state index is 5.56. The Labute approximate surface area is 112 Å². The quantitative estimate of drug-likeness (QED) is 0.901. The molecular weight excluding hydrogens is 244 g/mol. The Balaban J connectivity index is 2.40. The van der Waals surface area contributed by atoms with Gasteiger partial charge in [-0.3, -0.25) is 0 Å². The van der Waals surface area contributed by atoms with Crippen molar-refractivity contribution in [3.8, 4) is 17.0 Å². The molecule has 2 N–H and O–H groups in total. The molecule has 0 aliphatic rings. The molecule has 1 heterocycles. The summed E-state index contributed by atoms with van der Waals surface area (Å²) in [5.41, 5.74) is 8.90. The van der Waals surface area contributed by atoms with E-state index in [0.29, 0.717) is 6.54 Å². The maximum Gasteiger partial charge on any atom is 0.128 e. The highest BCUT2D eigenvalue weighted by atomic mass is 32.1. The van der Waals surface area contributed by atoms with Gasteiger partial charge in [-0.25, -0.2) is 0 Å². The predicted octanol–water partition coefficient (Wildman–Crippen LogP) is 2.88. The van der Waals surface area contributed by atoms with Crippen molar-refractivity contribution in [1.82, 2.24) is 4.37 Å². The zero-order valence-electron chi connectivity index (χ0n) is 10.8. The molecular formula is C14H18N2OS. The molecule has 4 heteroatoms. The fourth-order valence-corrected chi connectivity index (χ4v) is 2.62. The summed E-state index contributed by atoms with van der Waals surface area (Å²) in [7, 11) is 1.69. The van der Waals surface area contributed by atoms with Gasteiger partial charge in [-0.15, -0.1) is 0 Å². The minimum atomic E-state index is 0.660. The standard InChI is InChI=1S/C14H18N2OS/c1-3-10-4-5-14(17-2)12(8-10)13-9-11(6-7-15)18-16-13/h4-5,8-9H,3,6-7,15H2,1-2H3. The van der Waals surface area contributed by atoms with Crippen LogP contribution in [0.3, 0.4) is 0 Å². The van der Waals surface area contributed by atoms with Gasteiger partial charge in [0.25, 0.3) is 0 Å². The number of rotatable bonds is 5. The summed E-state index contributed by atoms with van der Waals surface area (Å²) in [5.74, 6) is 0.872. The molecule has 0 saturated heterocycles. The lowest BCUT2D eigenvalue weighted by atomic mass is 10.0. The van der Waals surface area contributed by atoms with Crippen LogP contribution in [0.25, 0.3) is 11.3 Å². The first-order valence-corrected chi connectivity index (χ1v) is 6.88. The van der Waals surface area contributed by atoms with Gasteiger partial charge in [-0.2, -0.15) is 4.37 Å². The third kappa shape index (κ3) is 2.71. The molecule has 0 amide bonds. The van der Waals surface area contributed by atoms with Crippen LogP contribution in [0.4, 0.5) is 0 Å². The third-order valence-electron chi connectivity index (χ3n) is 2.90. The average Bonchev–Trinajstić information content (AvgIpc) is 2.87. The van der Waals surface area contributed by atoms with Gasteiger partial charge in [-0.1, -0.05) is 13.0 Å². The number of aromatic nitrogens is 1. The lowest BCUT2D eigenvalue weighted by Gasteiger charge is -2.07. The summed E-state index contributed by atoms with van der Waals surface area (Å²) in [6.07, 6.45) is 1.89. The summed E-state index contributed by atoms with van der Waals surface area (Å²) in [6.45, 7) is 2.81. The van der Waals surface area contributed by atoms with Crippen LogP contribution < -0.4 is 10.5 Å². The lowest BCUT2D eigenvalue weighted by Crippen LogP contribution is -2.00. The lowest BCUT2D eigenvalue weighted by molar-refractivity contribution is 0.416. The molecule has 2 aromatic rings. The first-order valence-electron chi connectivity index (χ1n) is 6.11. The minimum Gasteiger partial charge on any atom is -0.496 e. The number of benzene rings is 1. The van der Waals surface area contributed by atoms with Crippen molar-refractivity contribution in [3.63, 3.8) is 0 Å². The molecule has 0 bridgehead atoms. The minimum absolute atomic E-state index is 0.660. The van der Waals surface area contributed by atoms with Gasteiger partial charge in [-0.05, 0) is 54.7 Å². The zero-order chi connectivity index (χ0) is 13.0. The van der Waals surface area contributed by atoms with Crippen LogP contribution in [0.2, 0.25) is 0 Å². The second kappa shape index (κ2) is 5.98. The van der Waals surface area contributed by atoms with Crippen molar-refractivity contribution in [3.05, 3.63) is 34.7 Å². The summed E-state index contributed by atoms with van der Waals surface area (Å²) in [6, 6.07) is 8.36. The van der Waals surface area contributed by atoms with E-state index >= 15 is 0 Å². The fraction of sp³-hybridized carbons (Fsp3) is 0.357. The first-order chi connectivity index (χ1) is 8.78. The van der Waals surface area contributed by atoms with Crippen LogP contribution in [-0.2, 0) is 12.8 Å². The summed E-state index contributed by atoms with van der Waals surface area (Å²) in [5, 5.41) is 0. The van der Waals surface area contributed by atoms with Crippen LogP contribution in [0.1, 0.15) is 17.4 Å². The van der Waals surface area contributed by atoms with Crippen LogP contribution in [0.15, 0.2) is 24.3 Å². The van der Waals surface area contributed by atoms with Gasteiger partial charge < -0.3 is 10.5 Å². The van der Waals surface area contributed by atoms with Gasteiger partial charge >= 0.3 is 0 Å². The van der Waals surface area contributed by atoms with Crippen LogP contribution >= 0.6 is 11.5 Å². The molecule has 96 valence electrons. The van der Waals surface area contributed by atoms with E-state index in [9.17, 15) is 0 Å². The molecule has 1 aromatic heterocycles. The highest BCUT2D eigenvalue weighted by molar-refractivity contribution is 7.06. The first kappa shape index (κ1) is 13.1. The molecule has 18 heavy (non-hydrogen) atoms. The molecule has 0 atom stereocenters. The van der Waals surface area contributed by atoms with E-state index in [4.69, 9.17) is 10.5 Å². The number of ether oxygens (including phenoxy) is 1. The van der Waals surface area contributed by atoms with Crippen molar-refractivity contribution >= 4 is 11.5 Å². The Morgan fingerprint density at radius 1 is 1.33 bits per heavy atom. The SMILES string of the molecule is CCc1ccc(OC)c(-c2cc(CCN)sn2)c1. The van der Waals surface area contributed by atoms with Crippen molar-refractivity contribution in [2.45, 2.75) is 19.8 Å². The van der Waals surface area contributed by atoms with E-state index in [1.165, 1.54) is 22.0 Å². The molecule has 0 aliphatic heterocycles. The Hall–Kier alpha value is -1.39. The number of hydrogen-bond donors (Lipinski definition) is 1. The van der Waals surface area contributed by atoms with Gasteiger partial charge in [0.15, 0.2) is 0 Å². The maximum absolute atomic E-state index is 5.56. The largest absolute Gasteiger partial charge is 0.496 e. The Bertz CT molecular complexity index is 522. The van der Waals surface area contributed by atoms with Gasteiger partial charge in [0, 0.05) is 10.4 Å². The molecule has 0 aliphatic carbocycles. The highest BCUT2D eigenvalue weighted by Crippen LogP contribution is 2.31. The number of hydrogen-bond acceptors (Lipinski definition) is 4. The van der Waals surface area contributed by atoms with E-state index < -0.39 is 0 Å².